The fourth-order valence-electron chi connectivity index (χ4n) is 0.917. The number of nitrogens with one attached hydrogen (secondary N) is 1. The second-order valence-corrected chi connectivity index (χ2v) is 2.53. The number of carbonyl (C=O) groups is 1. The highest BCUT2D eigenvalue weighted by Crippen LogP contribution is 2.16. The SMILES string of the molecule is CCNC(=O)c1ccc(F)c(O)c1. The number of carbonyl (C=O) groups excluding carboxylic acids is 1. The summed E-state index contributed by atoms with van der Waals surface area (Å²) in [7, 11) is 0. The number of amides is 1. The number of hydrogen-bond acceptors (Lipinski definition) is 2. The molecule has 0 aliphatic heterocycles. The first-order valence-corrected chi connectivity index (χ1v) is 3.92. The van der Waals surface area contributed by atoms with E-state index in [9.17, 15) is 9.18 Å². The second kappa shape index (κ2) is 3.89. The van der Waals surface area contributed by atoms with Gasteiger partial charge in [0, 0.05) is 12.1 Å². The maximum atomic E-state index is 12.6. The van der Waals surface area contributed by atoms with Crippen LogP contribution in [-0.4, -0.2) is 17.6 Å². The first-order chi connectivity index (χ1) is 6.15. The van der Waals surface area contributed by atoms with Gasteiger partial charge in [-0.25, -0.2) is 4.39 Å². The van der Waals surface area contributed by atoms with Crippen molar-refractivity contribution in [3.8, 4) is 5.75 Å². The Morgan fingerprint density at radius 1 is 1.62 bits per heavy atom. The lowest BCUT2D eigenvalue weighted by atomic mass is 10.2. The van der Waals surface area contributed by atoms with Gasteiger partial charge in [0.2, 0.25) is 0 Å². The molecule has 2 N–H and O–H groups in total. The highest BCUT2D eigenvalue weighted by atomic mass is 19.1. The lowest BCUT2D eigenvalue weighted by Crippen LogP contribution is -2.22. The Bertz CT molecular complexity index is 325. The lowest BCUT2D eigenvalue weighted by Gasteiger charge is -2.02. The van der Waals surface area contributed by atoms with Crippen molar-refractivity contribution in [2.24, 2.45) is 0 Å². The molecule has 0 saturated heterocycles. The van der Waals surface area contributed by atoms with Crippen molar-refractivity contribution >= 4 is 5.91 Å². The van der Waals surface area contributed by atoms with E-state index in [0.29, 0.717) is 6.54 Å². The van der Waals surface area contributed by atoms with Crippen molar-refractivity contribution < 1.29 is 14.3 Å². The van der Waals surface area contributed by atoms with E-state index < -0.39 is 11.6 Å². The molecule has 4 heteroatoms. The van der Waals surface area contributed by atoms with Gasteiger partial charge in [-0.05, 0) is 25.1 Å². The van der Waals surface area contributed by atoms with Crippen LogP contribution in [0.5, 0.6) is 5.75 Å². The Balaban J connectivity index is 2.90. The van der Waals surface area contributed by atoms with Gasteiger partial charge in [0.25, 0.3) is 5.91 Å². The van der Waals surface area contributed by atoms with E-state index in [2.05, 4.69) is 5.32 Å². The van der Waals surface area contributed by atoms with Crippen LogP contribution in [0.3, 0.4) is 0 Å². The van der Waals surface area contributed by atoms with Gasteiger partial charge in [0.15, 0.2) is 11.6 Å². The van der Waals surface area contributed by atoms with Gasteiger partial charge in [-0.1, -0.05) is 0 Å². The second-order valence-electron chi connectivity index (χ2n) is 2.53. The third kappa shape index (κ3) is 2.18. The summed E-state index contributed by atoms with van der Waals surface area (Å²) in [5, 5.41) is 11.5. The van der Waals surface area contributed by atoms with Crippen molar-refractivity contribution in [3.63, 3.8) is 0 Å². The molecule has 0 radical (unpaired) electrons. The zero-order valence-corrected chi connectivity index (χ0v) is 7.17. The van der Waals surface area contributed by atoms with Crippen LogP contribution in [0.4, 0.5) is 4.39 Å². The maximum absolute atomic E-state index is 12.6. The Morgan fingerprint density at radius 2 is 2.31 bits per heavy atom. The smallest absolute Gasteiger partial charge is 0.251 e. The molecule has 70 valence electrons. The van der Waals surface area contributed by atoms with Gasteiger partial charge in [0.1, 0.15) is 0 Å². The summed E-state index contributed by atoms with van der Waals surface area (Å²) in [4.78, 5) is 11.2. The molecule has 1 aromatic rings. The first-order valence-electron chi connectivity index (χ1n) is 3.92. The first kappa shape index (κ1) is 9.51. The number of aromatic hydroxyl groups is 1. The van der Waals surface area contributed by atoms with Gasteiger partial charge in [-0.15, -0.1) is 0 Å². The molecule has 0 bridgehead atoms. The molecular formula is C9H10FNO2. The zero-order valence-electron chi connectivity index (χ0n) is 7.17. The molecule has 0 aromatic heterocycles. The standard InChI is InChI=1S/C9H10FNO2/c1-2-11-9(13)6-3-4-7(10)8(12)5-6/h3-5,12H,2H2,1H3,(H,11,13). The minimum atomic E-state index is -0.729. The molecule has 0 atom stereocenters. The quantitative estimate of drug-likeness (QED) is 0.725. The average Bonchev–Trinajstić information content (AvgIpc) is 2.10. The number of phenols is 1. The van der Waals surface area contributed by atoms with Gasteiger partial charge in [-0.2, -0.15) is 0 Å². The summed E-state index contributed by atoms with van der Waals surface area (Å²) in [6.45, 7) is 2.28. The van der Waals surface area contributed by atoms with Gasteiger partial charge < -0.3 is 10.4 Å². The Hall–Kier alpha value is -1.58. The van der Waals surface area contributed by atoms with Crippen LogP contribution >= 0.6 is 0 Å². The van der Waals surface area contributed by atoms with Crippen molar-refractivity contribution in [3.05, 3.63) is 29.6 Å². The molecule has 1 aromatic carbocycles. The van der Waals surface area contributed by atoms with Crippen molar-refractivity contribution in [2.45, 2.75) is 6.92 Å². The number of rotatable bonds is 2. The predicted molar refractivity (Wildman–Crippen MR) is 46.1 cm³/mol. The molecule has 0 aliphatic carbocycles. The molecule has 13 heavy (non-hydrogen) atoms. The molecule has 0 saturated carbocycles. The summed E-state index contributed by atoms with van der Waals surface area (Å²) in [5.74, 6) is -1.56. The molecule has 0 fully saturated rings. The third-order valence-electron chi connectivity index (χ3n) is 1.55. The van der Waals surface area contributed by atoms with E-state index in [1.807, 2.05) is 0 Å². The fourth-order valence-corrected chi connectivity index (χ4v) is 0.917. The summed E-state index contributed by atoms with van der Waals surface area (Å²) < 4.78 is 12.6. The highest BCUT2D eigenvalue weighted by Gasteiger charge is 2.07. The summed E-state index contributed by atoms with van der Waals surface area (Å²) >= 11 is 0. The molecule has 0 unspecified atom stereocenters. The normalized spacial score (nSPS) is 9.69. The monoisotopic (exact) mass is 183 g/mol. The van der Waals surface area contributed by atoms with Crippen LogP contribution in [0.2, 0.25) is 0 Å². The van der Waals surface area contributed by atoms with Crippen LogP contribution in [0, 0.1) is 5.82 Å². The average molecular weight is 183 g/mol. The molecule has 0 heterocycles. The van der Waals surface area contributed by atoms with Crippen LogP contribution < -0.4 is 5.32 Å². The van der Waals surface area contributed by atoms with E-state index in [0.717, 1.165) is 12.1 Å². The van der Waals surface area contributed by atoms with E-state index >= 15 is 0 Å². The number of hydrogen-bond donors (Lipinski definition) is 2. The fraction of sp³-hybridized carbons (Fsp3) is 0.222. The van der Waals surface area contributed by atoms with E-state index in [4.69, 9.17) is 5.11 Å². The molecule has 3 nitrogen and oxygen atoms in total. The van der Waals surface area contributed by atoms with Crippen molar-refractivity contribution in [1.82, 2.24) is 5.32 Å². The van der Waals surface area contributed by atoms with E-state index in [1.54, 1.807) is 6.92 Å². The Morgan fingerprint density at radius 3 is 2.85 bits per heavy atom. The highest BCUT2D eigenvalue weighted by molar-refractivity contribution is 5.94. The Labute approximate surface area is 75.2 Å². The lowest BCUT2D eigenvalue weighted by molar-refractivity contribution is 0.0955. The van der Waals surface area contributed by atoms with E-state index in [-0.39, 0.29) is 11.5 Å². The summed E-state index contributed by atoms with van der Waals surface area (Å²) in [6, 6.07) is 3.47. The minimum Gasteiger partial charge on any atom is -0.505 e. The van der Waals surface area contributed by atoms with Gasteiger partial charge >= 0.3 is 0 Å². The number of halogens is 1. The zero-order chi connectivity index (χ0) is 9.84. The molecule has 0 aliphatic rings. The van der Waals surface area contributed by atoms with Crippen LogP contribution in [-0.2, 0) is 0 Å². The van der Waals surface area contributed by atoms with Crippen molar-refractivity contribution in [1.29, 1.82) is 0 Å². The van der Waals surface area contributed by atoms with Gasteiger partial charge in [0.05, 0.1) is 0 Å². The minimum absolute atomic E-state index is 0.251. The molecule has 1 rings (SSSR count). The number of phenolic OH excluding ortho intramolecular Hbond substituents is 1. The molecule has 0 spiro atoms. The van der Waals surface area contributed by atoms with Crippen LogP contribution in [0.25, 0.3) is 0 Å². The summed E-state index contributed by atoms with van der Waals surface area (Å²) in [5.41, 5.74) is 0.251. The molecular weight excluding hydrogens is 173 g/mol. The predicted octanol–water partition coefficient (Wildman–Crippen LogP) is 1.28. The molecule has 1 amide bonds. The van der Waals surface area contributed by atoms with Crippen LogP contribution in [0.15, 0.2) is 18.2 Å². The topological polar surface area (TPSA) is 49.3 Å². The largest absolute Gasteiger partial charge is 0.505 e. The Kier molecular flexibility index (Phi) is 2.84. The van der Waals surface area contributed by atoms with Crippen molar-refractivity contribution in [2.75, 3.05) is 6.54 Å². The summed E-state index contributed by atoms with van der Waals surface area (Å²) in [6.07, 6.45) is 0. The number of benzene rings is 1. The maximum Gasteiger partial charge on any atom is 0.251 e. The van der Waals surface area contributed by atoms with Crippen LogP contribution in [0.1, 0.15) is 17.3 Å². The van der Waals surface area contributed by atoms with Gasteiger partial charge in [-0.3, -0.25) is 4.79 Å². The third-order valence-corrected chi connectivity index (χ3v) is 1.55. The van der Waals surface area contributed by atoms with E-state index in [1.165, 1.54) is 6.07 Å².